The summed E-state index contributed by atoms with van der Waals surface area (Å²) < 4.78 is 6.05. The molecule has 2 atom stereocenters. The van der Waals surface area contributed by atoms with Gasteiger partial charge in [0, 0.05) is 22.1 Å². The van der Waals surface area contributed by atoms with Crippen molar-refractivity contribution in [3.05, 3.63) is 59.2 Å². The molecular formula is C18H20O2S. The number of rotatable bonds is 4. The van der Waals surface area contributed by atoms with Gasteiger partial charge in [-0.05, 0) is 37.1 Å². The third-order valence-corrected chi connectivity index (χ3v) is 5.11. The maximum Gasteiger partial charge on any atom is 0.125 e. The Morgan fingerprint density at radius 2 is 2.10 bits per heavy atom. The number of aliphatic hydroxyl groups excluding tert-OH is 1. The van der Waals surface area contributed by atoms with Crippen LogP contribution in [0.1, 0.15) is 35.6 Å². The molecule has 0 radical (unpaired) electrons. The number of hydrogen-bond donors (Lipinski definition) is 1. The first-order chi connectivity index (χ1) is 10.1. The Morgan fingerprint density at radius 1 is 1.29 bits per heavy atom. The average molecular weight is 300 g/mol. The fourth-order valence-electron chi connectivity index (χ4n) is 2.67. The lowest BCUT2D eigenvalue weighted by molar-refractivity contribution is 0.190. The van der Waals surface area contributed by atoms with Crippen LogP contribution in [0.25, 0.3) is 0 Å². The molecule has 0 spiro atoms. The van der Waals surface area contributed by atoms with Gasteiger partial charge in [-0.15, -0.1) is 11.8 Å². The molecule has 0 aromatic heterocycles. The van der Waals surface area contributed by atoms with E-state index in [-0.39, 0.29) is 0 Å². The van der Waals surface area contributed by atoms with Gasteiger partial charge in [-0.2, -0.15) is 0 Å². The Labute approximate surface area is 130 Å². The normalized spacial score (nSPS) is 18.3. The zero-order valence-electron chi connectivity index (χ0n) is 12.4. The average Bonchev–Trinajstić information content (AvgIpc) is 2.88. The fraction of sp³-hybridized carbons (Fsp3) is 0.333. The Morgan fingerprint density at radius 3 is 2.90 bits per heavy atom. The van der Waals surface area contributed by atoms with E-state index in [1.165, 1.54) is 10.5 Å². The van der Waals surface area contributed by atoms with Gasteiger partial charge in [0.05, 0.1) is 12.7 Å². The van der Waals surface area contributed by atoms with Crippen molar-refractivity contribution in [3.8, 4) is 5.75 Å². The van der Waals surface area contributed by atoms with Gasteiger partial charge in [-0.3, -0.25) is 0 Å². The zero-order chi connectivity index (χ0) is 14.8. The van der Waals surface area contributed by atoms with Crippen LogP contribution < -0.4 is 4.74 Å². The van der Waals surface area contributed by atoms with Crippen LogP contribution in [0.4, 0.5) is 0 Å². The predicted octanol–water partition coefficient (Wildman–Crippen LogP) is 4.32. The van der Waals surface area contributed by atoms with Crippen molar-refractivity contribution >= 4 is 11.8 Å². The minimum Gasteiger partial charge on any atom is -0.493 e. The van der Waals surface area contributed by atoms with Gasteiger partial charge in [-0.25, -0.2) is 0 Å². The van der Waals surface area contributed by atoms with Crippen LogP contribution in [0, 0.1) is 6.92 Å². The molecule has 2 aromatic rings. The summed E-state index contributed by atoms with van der Waals surface area (Å²) in [5.74, 6) is 2.29. The highest BCUT2D eigenvalue weighted by atomic mass is 32.2. The van der Waals surface area contributed by atoms with Crippen LogP contribution in [0.5, 0.6) is 5.75 Å². The largest absolute Gasteiger partial charge is 0.493 e. The molecule has 0 bridgehead atoms. The molecule has 2 aromatic carbocycles. The van der Waals surface area contributed by atoms with Gasteiger partial charge < -0.3 is 9.84 Å². The highest BCUT2D eigenvalue weighted by Gasteiger charge is 2.23. The van der Waals surface area contributed by atoms with Gasteiger partial charge in [0.25, 0.3) is 0 Å². The molecule has 1 aliphatic rings. The van der Waals surface area contributed by atoms with Gasteiger partial charge >= 0.3 is 0 Å². The first-order valence-corrected chi connectivity index (χ1v) is 8.27. The van der Waals surface area contributed by atoms with E-state index in [1.807, 2.05) is 36.9 Å². The maximum atomic E-state index is 9.86. The Balaban J connectivity index is 1.76. The number of ether oxygens (including phenoxy) is 1. The van der Waals surface area contributed by atoms with E-state index in [2.05, 4.69) is 24.3 Å². The molecule has 2 nitrogen and oxygen atoms in total. The predicted molar refractivity (Wildman–Crippen MR) is 87.2 cm³/mol. The number of thioether (sulfide) groups is 1. The summed E-state index contributed by atoms with van der Waals surface area (Å²) in [6.45, 7) is 4.48. The van der Waals surface area contributed by atoms with Crippen molar-refractivity contribution in [2.75, 3.05) is 12.4 Å². The summed E-state index contributed by atoms with van der Waals surface area (Å²) >= 11 is 1.90. The summed E-state index contributed by atoms with van der Waals surface area (Å²) in [5, 5.41) is 9.86. The monoisotopic (exact) mass is 300 g/mol. The number of benzene rings is 2. The summed E-state index contributed by atoms with van der Waals surface area (Å²) in [4.78, 5) is 1.37. The van der Waals surface area contributed by atoms with E-state index in [0.29, 0.717) is 12.5 Å². The van der Waals surface area contributed by atoms with Crippen molar-refractivity contribution in [2.24, 2.45) is 0 Å². The van der Waals surface area contributed by atoms with E-state index in [4.69, 9.17) is 4.74 Å². The Hall–Kier alpha value is -1.45. The lowest BCUT2D eigenvalue weighted by Crippen LogP contribution is -2.11. The number of aryl methyl sites for hydroxylation is 1. The molecule has 3 rings (SSSR count). The molecule has 0 amide bonds. The maximum absolute atomic E-state index is 9.86. The van der Waals surface area contributed by atoms with E-state index < -0.39 is 6.10 Å². The molecule has 1 N–H and O–H groups in total. The van der Waals surface area contributed by atoms with Gasteiger partial charge in [0.15, 0.2) is 0 Å². The quantitative estimate of drug-likeness (QED) is 0.912. The molecule has 110 valence electrons. The first kappa shape index (κ1) is 14.5. The Bertz CT molecular complexity index is 637. The van der Waals surface area contributed by atoms with Crippen molar-refractivity contribution < 1.29 is 9.84 Å². The van der Waals surface area contributed by atoms with Crippen LogP contribution in [-0.2, 0) is 0 Å². The molecule has 1 unspecified atom stereocenters. The van der Waals surface area contributed by atoms with Crippen molar-refractivity contribution in [3.63, 3.8) is 0 Å². The molecule has 3 heteroatoms. The van der Waals surface area contributed by atoms with Crippen LogP contribution in [0.2, 0.25) is 0 Å². The lowest BCUT2D eigenvalue weighted by Gasteiger charge is -2.17. The molecule has 0 saturated carbocycles. The number of aliphatic hydroxyl groups is 1. The molecule has 21 heavy (non-hydrogen) atoms. The van der Waals surface area contributed by atoms with Crippen LogP contribution in [0.15, 0.2) is 47.4 Å². The van der Waals surface area contributed by atoms with E-state index in [1.54, 1.807) is 6.92 Å². The highest BCUT2D eigenvalue weighted by Crippen LogP contribution is 2.39. The van der Waals surface area contributed by atoms with Crippen LogP contribution in [0.3, 0.4) is 0 Å². The van der Waals surface area contributed by atoms with Gasteiger partial charge in [0.1, 0.15) is 5.75 Å². The second-order valence-corrected chi connectivity index (χ2v) is 6.64. The molecular weight excluding hydrogens is 280 g/mol. The molecule has 0 fully saturated rings. The topological polar surface area (TPSA) is 29.5 Å². The molecule has 1 aliphatic heterocycles. The minimum absolute atomic E-state index is 0.425. The van der Waals surface area contributed by atoms with Crippen LogP contribution in [-0.4, -0.2) is 17.5 Å². The van der Waals surface area contributed by atoms with E-state index >= 15 is 0 Å². The smallest absolute Gasteiger partial charge is 0.125 e. The van der Waals surface area contributed by atoms with E-state index in [0.717, 1.165) is 22.6 Å². The second kappa shape index (κ2) is 6.12. The molecule has 0 saturated heterocycles. The zero-order valence-corrected chi connectivity index (χ0v) is 13.2. The minimum atomic E-state index is -0.508. The van der Waals surface area contributed by atoms with E-state index in [9.17, 15) is 5.11 Å². The first-order valence-electron chi connectivity index (χ1n) is 7.28. The highest BCUT2D eigenvalue weighted by molar-refractivity contribution is 7.99. The van der Waals surface area contributed by atoms with Crippen LogP contribution >= 0.6 is 11.8 Å². The third kappa shape index (κ3) is 3.09. The second-order valence-electron chi connectivity index (χ2n) is 5.57. The van der Waals surface area contributed by atoms with Gasteiger partial charge in [0.2, 0.25) is 0 Å². The van der Waals surface area contributed by atoms with Gasteiger partial charge in [-0.1, -0.05) is 30.3 Å². The fourth-order valence-corrected chi connectivity index (χ4v) is 3.90. The molecule has 1 heterocycles. The summed E-state index contributed by atoms with van der Waals surface area (Å²) in [7, 11) is 0. The number of hydrogen-bond acceptors (Lipinski definition) is 3. The summed E-state index contributed by atoms with van der Waals surface area (Å²) in [5.41, 5.74) is 3.39. The summed E-state index contributed by atoms with van der Waals surface area (Å²) in [6.07, 6.45) is -0.508. The van der Waals surface area contributed by atoms with Crippen molar-refractivity contribution in [2.45, 2.75) is 30.8 Å². The summed E-state index contributed by atoms with van der Waals surface area (Å²) in [6, 6.07) is 14.5. The third-order valence-electron chi connectivity index (χ3n) is 3.86. The lowest BCUT2D eigenvalue weighted by atomic mass is 10.0. The standard InChI is InChI=1S/C18H20O2S/c1-12-7-8-15(13(2)19)17(9-12)20-10-14-11-21-18-6-4-3-5-16(14)18/h3-9,13-14,19H,10-11H2,1-2H3/t13-,14?/m0/s1. The number of fused-ring (bicyclic) bond motifs is 1. The van der Waals surface area contributed by atoms with Crippen molar-refractivity contribution in [1.29, 1.82) is 0 Å². The van der Waals surface area contributed by atoms with Crippen molar-refractivity contribution in [1.82, 2.24) is 0 Å². The molecule has 0 aliphatic carbocycles. The SMILES string of the molecule is Cc1ccc([C@H](C)O)c(OCC2CSc3ccccc32)c1. The Kier molecular flexibility index (Phi) is 4.22.